The van der Waals surface area contributed by atoms with Gasteiger partial charge in [0.05, 0.1) is 5.56 Å². The highest BCUT2D eigenvalue weighted by atomic mass is 19.1. The molecule has 1 fully saturated rings. The Labute approximate surface area is 184 Å². The first-order valence-electron chi connectivity index (χ1n) is 10.6. The molecule has 3 aromatic rings. The average molecular weight is 438 g/mol. The van der Waals surface area contributed by atoms with E-state index in [1.807, 2.05) is 24.3 Å². The van der Waals surface area contributed by atoms with Crippen LogP contribution in [-0.4, -0.2) is 21.6 Å². The Morgan fingerprint density at radius 2 is 1.91 bits per heavy atom. The van der Waals surface area contributed by atoms with Gasteiger partial charge in [-0.2, -0.15) is 5.10 Å². The smallest absolute Gasteiger partial charge is 0.255 e. The number of carbonyl (C=O) groups excluding carboxylic acids is 2. The number of rotatable bonds is 6. The number of anilines is 1. The standard InChI is InChI=1S/C24H24F2N4O2/c1-30-14-20(22(29-30)19-10-9-17(25)12-21(19)26)24(32)27-13-15-5-4-8-18(11-15)28-23(31)16-6-2-3-7-16/h4-5,8-12,14,16H,2-3,6-7,13H2,1H3,(H,27,32)(H,28,31). The molecule has 0 spiro atoms. The van der Waals surface area contributed by atoms with Crippen molar-refractivity contribution in [2.45, 2.75) is 32.2 Å². The number of aromatic nitrogens is 2. The van der Waals surface area contributed by atoms with Crippen LogP contribution < -0.4 is 10.6 Å². The van der Waals surface area contributed by atoms with Crippen molar-refractivity contribution in [2.75, 3.05) is 5.32 Å². The highest BCUT2D eigenvalue weighted by Crippen LogP contribution is 2.27. The Morgan fingerprint density at radius 1 is 1.12 bits per heavy atom. The molecule has 2 amide bonds. The first-order valence-corrected chi connectivity index (χ1v) is 10.6. The van der Waals surface area contributed by atoms with Crippen LogP contribution in [0.2, 0.25) is 0 Å². The lowest BCUT2D eigenvalue weighted by Gasteiger charge is -2.12. The number of nitrogens with zero attached hydrogens (tertiary/aromatic N) is 2. The zero-order chi connectivity index (χ0) is 22.7. The van der Waals surface area contributed by atoms with E-state index in [9.17, 15) is 18.4 Å². The number of aryl methyl sites for hydroxylation is 1. The highest BCUT2D eigenvalue weighted by molar-refractivity contribution is 5.99. The summed E-state index contributed by atoms with van der Waals surface area (Å²) in [4.78, 5) is 25.2. The summed E-state index contributed by atoms with van der Waals surface area (Å²) in [7, 11) is 1.62. The predicted molar refractivity (Wildman–Crippen MR) is 117 cm³/mol. The van der Waals surface area contributed by atoms with Crippen LogP contribution in [0.1, 0.15) is 41.6 Å². The van der Waals surface area contributed by atoms with E-state index in [1.54, 1.807) is 7.05 Å². The van der Waals surface area contributed by atoms with Crippen molar-refractivity contribution in [1.82, 2.24) is 15.1 Å². The second kappa shape index (κ2) is 9.30. The Morgan fingerprint density at radius 3 is 2.66 bits per heavy atom. The molecule has 2 N–H and O–H groups in total. The fourth-order valence-corrected chi connectivity index (χ4v) is 4.00. The minimum absolute atomic E-state index is 0.0324. The van der Waals surface area contributed by atoms with E-state index in [2.05, 4.69) is 15.7 Å². The van der Waals surface area contributed by atoms with Crippen LogP contribution in [0.5, 0.6) is 0 Å². The highest BCUT2D eigenvalue weighted by Gasteiger charge is 2.23. The molecule has 32 heavy (non-hydrogen) atoms. The molecular formula is C24H24F2N4O2. The lowest BCUT2D eigenvalue weighted by molar-refractivity contribution is -0.119. The third kappa shape index (κ3) is 4.85. The van der Waals surface area contributed by atoms with Crippen molar-refractivity contribution in [3.05, 3.63) is 71.4 Å². The summed E-state index contributed by atoms with van der Waals surface area (Å²) < 4.78 is 28.9. The van der Waals surface area contributed by atoms with Crippen molar-refractivity contribution in [3.8, 4) is 11.3 Å². The minimum Gasteiger partial charge on any atom is -0.348 e. The molecule has 1 aromatic heterocycles. The van der Waals surface area contributed by atoms with E-state index in [0.717, 1.165) is 43.4 Å². The van der Waals surface area contributed by atoms with E-state index in [4.69, 9.17) is 0 Å². The topological polar surface area (TPSA) is 76.0 Å². The maximum absolute atomic E-state index is 14.2. The number of carbonyl (C=O) groups is 2. The van der Waals surface area contributed by atoms with E-state index in [-0.39, 0.29) is 35.2 Å². The zero-order valence-corrected chi connectivity index (χ0v) is 17.7. The molecule has 1 aliphatic carbocycles. The number of benzene rings is 2. The number of hydrogen-bond acceptors (Lipinski definition) is 3. The monoisotopic (exact) mass is 438 g/mol. The van der Waals surface area contributed by atoms with Gasteiger partial charge in [-0.15, -0.1) is 0 Å². The van der Waals surface area contributed by atoms with Gasteiger partial charge in [0.25, 0.3) is 5.91 Å². The van der Waals surface area contributed by atoms with Crippen LogP contribution in [0.15, 0.2) is 48.7 Å². The van der Waals surface area contributed by atoms with Gasteiger partial charge in [0.2, 0.25) is 5.91 Å². The van der Waals surface area contributed by atoms with Crippen LogP contribution in [0.4, 0.5) is 14.5 Å². The molecule has 6 nitrogen and oxygen atoms in total. The molecule has 2 aromatic carbocycles. The van der Waals surface area contributed by atoms with Crippen LogP contribution in [0.3, 0.4) is 0 Å². The SMILES string of the molecule is Cn1cc(C(=O)NCc2cccc(NC(=O)C3CCCC3)c2)c(-c2ccc(F)cc2F)n1. The van der Waals surface area contributed by atoms with Crippen molar-refractivity contribution < 1.29 is 18.4 Å². The maximum Gasteiger partial charge on any atom is 0.255 e. The molecule has 0 aliphatic heterocycles. The van der Waals surface area contributed by atoms with Crippen molar-refractivity contribution >= 4 is 17.5 Å². The Balaban J connectivity index is 1.45. The molecule has 166 valence electrons. The molecular weight excluding hydrogens is 414 g/mol. The van der Waals surface area contributed by atoms with E-state index < -0.39 is 17.5 Å². The van der Waals surface area contributed by atoms with Gasteiger partial charge in [-0.3, -0.25) is 14.3 Å². The van der Waals surface area contributed by atoms with Gasteiger partial charge in [0.15, 0.2) is 0 Å². The van der Waals surface area contributed by atoms with Gasteiger partial charge in [-0.1, -0.05) is 25.0 Å². The van der Waals surface area contributed by atoms with Crippen molar-refractivity contribution in [3.63, 3.8) is 0 Å². The van der Waals surface area contributed by atoms with E-state index in [1.165, 1.54) is 16.9 Å². The predicted octanol–water partition coefficient (Wildman–Crippen LogP) is 4.42. The number of nitrogens with one attached hydrogen (secondary N) is 2. The molecule has 0 saturated heterocycles. The molecule has 1 heterocycles. The molecule has 0 atom stereocenters. The Bertz CT molecular complexity index is 1150. The van der Waals surface area contributed by atoms with Crippen LogP contribution >= 0.6 is 0 Å². The summed E-state index contributed by atoms with van der Waals surface area (Å²) >= 11 is 0. The second-order valence-corrected chi connectivity index (χ2v) is 8.04. The third-order valence-corrected chi connectivity index (χ3v) is 5.63. The first-order chi connectivity index (χ1) is 15.4. The van der Waals surface area contributed by atoms with Gasteiger partial charge in [0.1, 0.15) is 17.3 Å². The molecule has 0 unspecified atom stereocenters. The second-order valence-electron chi connectivity index (χ2n) is 8.04. The Kier molecular flexibility index (Phi) is 6.30. The number of halogens is 2. The summed E-state index contributed by atoms with van der Waals surface area (Å²) in [6, 6.07) is 10.4. The van der Waals surface area contributed by atoms with E-state index in [0.29, 0.717) is 5.69 Å². The first kappa shape index (κ1) is 21.7. The summed E-state index contributed by atoms with van der Waals surface area (Å²) in [6.45, 7) is 0.214. The van der Waals surface area contributed by atoms with Crippen molar-refractivity contribution in [1.29, 1.82) is 0 Å². The van der Waals surface area contributed by atoms with Crippen LogP contribution in [0.25, 0.3) is 11.3 Å². The average Bonchev–Trinajstić information content (AvgIpc) is 3.42. The summed E-state index contributed by atoms with van der Waals surface area (Å²) in [5, 5.41) is 9.93. The van der Waals surface area contributed by atoms with Gasteiger partial charge in [-0.25, -0.2) is 8.78 Å². The quantitative estimate of drug-likeness (QED) is 0.598. The fourth-order valence-electron chi connectivity index (χ4n) is 4.00. The molecule has 4 rings (SSSR count). The van der Waals surface area contributed by atoms with Gasteiger partial charge >= 0.3 is 0 Å². The van der Waals surface area contributed by atoms with Gasteiger partial charge in [0, 0.05) is 43.0 Å². The molecule has 1 saturated carbocycles. The molecule has 0 radical (unpaired) electrons. The molecule has 1 aliphatic rings. The fraction of sp³-hybridized carbons (Fsp3) is 0.292. The molecule has 8 heteroatoms. The number of hydrogen-bond donors (Lipinski definition) is 2. The lowest BCUT2D eigenvalue weighted by atomic mass is 10.1. The normalized spacial score (nSPS) is 13.8. The van der Waals surface area contributed by atoms with Crippen LogP contribution in [-0.2, 0) is 18.4 Å². The maximum atomic E-state index is 14.2. The largest absolute Gasteiger partial charge is 0.348 e. The summed E-state index contributed by atoms with van der Waals surface area (Å²) in [5.74, 6) is -1.83. The number of amides is 2. The lowest BCUT2D eigenvalue weighted by Crippen LogP contribution is -2.23. The van der Waals surface area contributed by atoms with E-state index >= 15 is 0 Å². The molecule has 0 bridgehead atoms. The summed E-state index contributed by atoms with van der Waals surface area (Å²) in [6.07, 6.45) is 5.50. The zero-order valence-electron chi connectivity index (χ0n) is 17.7. The van der Waals surface area contributed by atoms with Crippen molar-refractivity contribution in [2.24, 2.45) is 13.0 Å². The van der Waals surface area contributed by atoms with Gasteiger partial charge < -0.3 is 10.6 Å². The van der Waals surface area contributed by atoms with Crippen LogP contribution in [0, 0.1) is 17.6 Å². The third-order valence-electron chi connectivity index (χ3n) is 5.63. The van der Waals surface area contributed by atoms with Gasteiger partial charge in [-0.05, 0) is 42.7 Å². The summed E-state index contributed by atoms with van der Waals surface area (Å²) in [5.41, 5.74) is 1.86. The minimum atomic E-state index is -0.788. The Hall–Kier alpha value is -3.55.